The van der Waals surface area contributed by atoms with Crippen LogP contribution in [-0.2, 0) is 17.8 Å². The molecule has 0 aliphatic heterocycles. The largest absolute Gasteiger partial charge is 0.306 e. The Labute approximate surface area is 192 Å². The lowest BCUT2D eigenvalue weighted by Crippen LogP contribution is -2.14. The summed E-state index contributed by atoms with van der Waals surface area (Å²) in [6, 6.07) is 17.4. The Morgan fingerprint density at radius 2 is 1.84 bits per heavy atom. The number of hydrogen-bond acceptors (Lipinski definition) is 7. The minimum atomic E-state index is -0.161. The van der Waals surface area contributed by atoms with Crippen molar-refractivity contribution in [1.29, 1.82) is 0 Å². The fourth-order valence-corrected chi connectivity index (χ4v) is 4.63. The molecule has 0 fully saturated rings. The maximum atomic E-state index is 12.4. The number of halogens is 1. The smallest absolute Gasteiger partial charge is 0.236 e. The van der Waals surface area contributed by atoms with E-state index in [1.807, 2.05) is 66.1 Å². The lowest BCUT2D eigenvalue weighted by atomic mass is 10.1. The van der Waals surface area contributed by atoms with E-state index in [0.29, 0.717) is 21.7 Å². The van der Waals surface area contributed by atoms with Crippen LogP contribution in [0.1, 0.15) is 18.3 Å². The van der Waals surface area contributed by atoms with E-state index in [0.717, 1.165) is 28.5 Å². The van der Waals surface area contributed by atoms with Crippen LogP contribution in [0.25, 0.3) is 10.6 Å². The summed E-state index contributed by atoms with van der Waals surface area (Å²) in [6.45, 7) is 2.75. The number of hydrogen-bond donors (Lipinski definition) is 1. The van der Waals surface area contributed by atoms with E-state index in [2.05, 4.69) is 25.7 Å². The topological polar surface area (TPSA) is 85.6 Å². The molecule has 0 bridgehead atoms. The number of nitrogens with zero attached hydrogens (tertiary/aromatic N) is 5. The van der Waals surface area contributed by atoms with E-state index in [1.54, 1.807) is 0 Å². The van der Waals surface area contributed by atoms with Crippen LogP contribution in [0.3, 0.4) is 0 Å². The number of carbonyl (C=O) groups excluding carboxylic acids is 1. The summed E-state index contributed by atoms with van der Waals surface area (Å²) >= 11 is 8.65. The molecule has 0 spiro atoms. The molecule has 7 nitrogen and oxygen atoms in total. The Balaban J connectivity index is 1.35. The molecule has 0 aliphatic carbocycles. The van der Waals surface area contributed by atoms with Crippen molar-refractivity contribution >= 4 is 45.7 Å². The first kappa shape index (κ1) is 21.5. The predicted molar refractivity (Wildman–Crippen MR) is 125 cm³/mol. The number of nitrogens with one attached hydrogen (secondary N) is 1. The third-order valence-electron chi connectivity index (χ3n) is 4.41. The van der Waals surface area contributed by atoms with Gasteiger partial charge in [-0.1, -0.05) is 77.2 Å². The molecule has 0 unspecified atom stereocenters. The second-order valence-electron chi connectivity index (χ2n) is 6.56. The highest BCUT2D eigenvalue weighted by molar-refractivity contribution is 7.99. The fourth-order valence-electron chi connectivity index (χ4n) is 2.92. The van der Waals surface area contributed by atoms with Crippen molar-refractivity contribution in [2.24, 2.45) is 0 Å². The number of anilines is 1. The van der Waals surface area contributed by atoms with Crippen LogP contribution in [-0.4, -0.2) is 36.6 Å². The Morgan fingerprint density at radius 1 is 1.06 bits per heavy atom. The molecule has 1 N–H and O–H groups in total. The first-order valence-electron chi connectivity index (χ1n) is 9.60. The molecule has 2 aromatic carbocycles. The van der Waals surface area contributed by atoms with Gasteiger partial charge in [0.1, 0.15) is 10.8 Å². The lowest BCUT2D eigenvalue weighted by molar-refractivity contribution is -0.113. The van der Waals surface area contributed by atoms with Crippen molar-refractivity contribution in [3.63, 3.8) is 0 Å². The van der Waals surface area contributed by atoms with Crippen LogP contribution in [0.15, 0.2) is 59.8 Å². The fraction of sp³-hybridized carbons (Fsp3) is 0.190. The third-order valence-corrected chi connectivity index (χ3v) is 6.52. The normalized spacial score (nSPS) is 10.9. The van der Waals surface area contributed by atoms with E-state index in [4.69, 9.17) is 11.6 Å². The van der Waals surface area contributed by atoms with Gasteiger partial charge in [-0.15, -0.1) is 20.4 Å². The maximum Gasteiger partial charge on any atom is 0.236 e. The zero-order chi connectivity index (χ0) is 21.6. The van der Waals surface area contributed by atoms with E-state index in [-0.39, 0.29) is 11.7 Å². The number of benzene rings is 2. The highest BCUT2D eigenvalue weighted by Gasteiger charge is 2.15. The van der Waals surface area contributed by atoms with Crippen LogP contribution >= 0.6 is 34.7 Å². The second-order valence-corrected chi connectivity index (χ2v) is 8.92. The number of carbonyl (C=O) groups is 1. The van der Waals surface area contributed by atoms with Gasteiger partial charge in [0.25, 0.3) is 0 Å². The van der Waals surface area contributed by atoms with Crippen molar-refractivity contribution in [3.05, 3.63) is 71.0 Å². The van der Waals surface area contributed by atoms with Crippen LogP contribution in [0, 0.1) is 0 Å². The average Bonchev–Trinajstić information content (AvgIpc) is 3.41. The molecular weight excluding hydrogens is 452 g/mol. The average molecular weight is 471 g/mol. The van der Waals surface area contributed by atoms with Crippen molar-refractivity contribution in [1.82, 2.24) is 25.0 Å². The summed E-state index contributed by atoms with van der Waals surface area (Å²) in [5, 5.41) is 22.3. The molecule has 0 aliphatic rings. The van der Waals surface area contributed by atoms with Gasteiger partial charge in [0.15, 0.2) is 5.16 Å². The van der Waals surface area contributed by atoms with Gasteiger partial charge >= 0.3 is 0 Å². The number of thioether (sulfide) groups is 1. The molecule has 0 saturated carbocycles. The third kappa shape index (κ3) is 5.49. The molecule has 0 radical (unpaired) electrons. The summed E-state index contributed by atoms with van der Waals surface area (Å²) in [6.07, 6.45) is 0.651. The Hall–Kier alpha value is -2.75. The van der Waals surface area contributed by atoms with Crippen LogP contribution in [0.2, 0.25) is 5.02 Å². The van der Waals surface area contributed by atoms with Gasteiger partial charge in [-0.25, -0.2) is 0 Å². The standard InChI is InChI=1S/C21H19ClN6OS2/c1-2-28-17(12-14-8-10-16(22)11-9-14)24-27-21(28)30-13-18(29)23-20-26-25-19(31-20)15-6-4-3-5-7-15/h3-11H,2,12-13H2,1H3,(H,23,26,29). The van der Waals surface area contributed by atoms with Gasteiger partial charge in [-0.05, 0) is 24.6 Å². The first-order valence-corrected chi connectivity index (χ1v) is 11.8. The monoisotopic (exact) mass is 470 g/mol. The molecule has 4 aromatic rings. The lowest BCUT2D eigenvalue weighted by Gasteiger charge is -2.07. The quantitative estimate of drug-likeness (QED) is 0.372. The second kappa shape index (κ2) is 10.0. The molecular formula is C21H19ClN6OS2. The zero-order valence-electron chi connectivity index (χ0n) is 16.7. The van der Waals surface area contributed by atoms with Crippen molar-refractivity contribution < 1.29 is 4.79 Å². The van der Waals surface area contributed by atoms with Gasteiger partial charge in [0, 0.05) is 23.6 Å². The Morgan fingerprint density at radius 3 is 2.58 bits per heavy atom. The van der Waals surface area contributed by atoms with Gasteiger partial charge in [-0.3, -0.25) is 10.1 Å². The van der Waals surface area contributed by atoms with Gasteiger partial charge in [-0.2, -0.15) is 0 Å². The number of amides is 1. The van der Waals surface area contributed by atoms with Gasteiger partial charge in [0.2, 0.25) is 11.0 Å². The van der Waals surface area contributed by atoms with E-state index in [9.17, 15) is 4.79 Å². The minimum absolute atomic E-state index is 0.161. The highest BCUT2D eigenvalue weighted by Crippen LogP contribution is 2.26. The van der Waals surface area contributed by atoms with Crippen molar-refractivity contribution in [3.8, 4) is 10.6 Å². The molecule has 0 saturated heterocycles. The van der Waals surface area contributed by atoms with Crippen LogP contribution in [0.5, 0.6) is 0 Å². The predicted octanol–water partition coefficient (Wildman–Crippen LogP) is 4.79. The molecule has 2 aromatic heterocycles. The van der Waals surface area contributed by atoms with Crippen molar-refractivity contribution in [2.45, 2.75) is 25.0 Å². The summed E-state index contributed by atoms with van der Waals surface area (Å²) in [5.74, 6) is 0.898. The summed E-state index contributed by atoms with van der Waals surface area (Å²) in [7, 11) is 0. The minimum Gasteiger partial charge on any atom is -0.306 e. The Bertz CT molecular complexity index is 1160. The number of rotatable bonds is 8. The SMILES string of the molecule is CCn1c(Cc2ccc(Cl)cc2)nnc1SCC(=O)Nc1nnc(-c2ccccc2)s1. The maximum absolute atomic E-state index is 12.4. The zero-order valence-corrected chi connectivity index (χ0v) is 19.0. The van der Waals surface area contributed by atoms with Crippen LogP contribution in [0.4, 0.5) is 5.13 Å². The first-order chi connectivity index (χ1) is 15.1. The molecule has 4 rings (SSSR count). The molecule has 1 amide bonds. The van der Waals surface area contributed by atoms with E-state index >= 15 is 0 Å². The van der Waals surface area contributed by atoms with E-state index in [1.165, 1.54) is 23.1 Å². The molecule has 10 heteroatoms. The summed E-state index contributed by atoms with van der Waals surface area (Å²) in [5.41, 5.74) is 2.07. The van der Waals surface area contributed by atoms with Gasteiger partial charge < -0.3 is 4.57 Å². The molecule has 0 atom stereocenters. The molecule has 31 heavy (non-hydrogen) atoms. The van der Waals surface area contributed by atoms with Crippen molar-refractivity contribution in [2.75, 3.05) is 11.1 Å². The number of aromatic nitrogens is 5. The summed E-state index contributed by atoms with van der Waals surface area (Å²) < 4.78 is 2.02. The molecule has 158 valence electrons. The summed E-state index contributed by atoms with van der Waals surface area (Å²) in [4.78, 5) is 12.4. The van der Waals surface area contributed by atoms with Gasteiger partial charge in [0.05, 0.1) is 5.75 Å². The highest BCUT2D eigenvalue weighted by atomic mass is 35.5. The Kier molecular flexibility index (Phi) is 6.96. The van der Waals surface area contributed by atoms with E-state index < -0.39 is 0 Å². The molecule has 2 heterocycles. The van der Waals surface area contributed by atoms with Crippen LogP contribution < -0.4 is 5.32 Å².